The number of carbonyl (C=O) groups is 2. The summed E-state index contributed by atoms with van der Waals surface area (Å²) in [6.45, 7) is 6.07. The normalized spacial score (nSPS) is 27.3. The molecule has 2 amide bonds. The molecule has 3 atom stereocenters. The van der Waals surface area contributed by atoms with Gasteiger partial charge in [0.15, 0.2) is 5.69 Å². The molecule has 8 heteroatoms. The van der Waals surface area contributed by atoms with Gasteiger partial charge in [-0.25, -0.2) is 4.79 Å². The van der Waals surface area contributed by atoms with E-state index in [1.807, 2.05) is 6.07 Å². The molecule has 2 aliphatic heterocycles. The van der Waals surface area contributed by atoms with Crippen molar-refractivity contribution in [3.63, 3.8) is 0 Å². The lowest BCUT2D eigenvalue weighted by Gasteiger charge is -2.38. The van der Waals surface area contributed by atoms with Crippen molar-refractivity contribution >= 4 is 17.9 Å². The first-order valence-electron chi connectivity index (χ1n) is 8.52. The number of amides is 2. The predicted molar refractivity (Wildman–Crippen MR) is 94.1 cm³/mol. The number of ether oxygens (including phenoxy) is 1. The average molecular weight is 359 g/mol. The first-order chi connectivity index (χ1) is 12.1. The second kappa shape index (κ2) is 5.97. The smallest absolute Gasteiger partial charge is 0.444 e. The van der Waals surface area contributed by atoms with E-state index in [-0.39, 0.29) is 11.5 Å². The number of rotatable bonds is 0. The lowest BCUT2D eigenvalue weighted by molar-refractivity contribution is 0.0141. The summed E-state index contributed by atoms with van der Waals surface area (Å²) in [5, 5.41) is 19.3. The van der Waals surface area contributed by atoms with Crippen LogP contribution in [0.1, 0.15) is 44.2 Å². The third-order valence-corrected chi connectivity index (χ3v) is 5.02. The summed E-state index contributed by atoms with van der Waals surface area (Å²) >= 11 is 0. The maximum absolute atomic E-state index is 12.4. The van der Waals surface area contributed by atoms with Crippen LogP contribution >= 0.6 is 0 Å². The first-order valence-corrected chi connectivity index (χ1v) is 8.52. The van der Waals surface area contributed by atoms with E-state index in [1.165, 1.54) is 0 Å². The Balaban J connectivity index is 2.00. The SMILES string of the molecule is CC(C)(C)OC(=O)N1CCC2C(C1)c1cccc(C#N)c1[N+]2(N)C(=O)O. The van der Waals surface area contributed by atoms with Crippen LogP contribution in [-0.2, 0) is 4.74 Å². The Bertz CT molecular complexity index is 810. The Morgan fingerprint density at radius 1 is 1.42 bits per heavy atom. The number of carboxylic acid groups (broad SMARTS) is 1. The summed E-state index contributed by atoms with van der Waals surface area (Å²) in [5.41, 5.74) is 0.686. The highest BCUT2D eigenvalue weighted by atomic mass is 16.6. The van der Waals surface area contributed by atoms with Gasteiger partial charge in [-0.1, -0.05) is 12.1 Å². The summed E-state index contributed by atoms with van der Waals surface area (Å²) in [6.07, 6.45) is -1.22. The van der Waals surface area contributed by atoms with Crippen LogP contribution in [0.25, 0.3) is 0 Å². The third-order valence-electron chi connectivity index (χ3n) is 5.02. The molecule has 2 heterocycles. The molecule has 3 unspecified atom stereocenters. The van der Waals surface area contributed by atoms with Crippen LogP contribution in [0, 0.1) is 11.3 Å². The standard InChI is InChI=1S/C18H22N4O4/c1-18(2,3)26-16(23)21-8-7-14-13(10-21)12-6-4-5-11(9-19)15(12)22(14,20)17(24)25/h4-6,13-14H,7-8,10,20H2,1-3H3/p+1. The number of nitrogens with two attached hydrogens (primary N) is 1. The van der Waals surface area contributed by atoms with E-state index in [1.54, 1.807) is 43.9 Å². The minimum atomic E-state index is -1.20. The molecular weight excluding hydrogens is 336 g/mol. The molecule has 8 nitrogen and oxygen atoms in total. The quantitative estimate of drug-likeness (QED) is 0.418. The van der Waals surface area contributed by atoms with Gasteiger partial charge in [0, 0.05) is 25.1 Å². The third kappa shape index (κ3) is 2.69. The Morgan fingerprint density at radius 3 is 2.69 bits per heavy atom. The highest BCUT2D eigenvalue weighted by molar-refractivity contribution is 5.87. The van der Waals surface area contributed by atoms with Crippen molar-refractivity contribution in [2.24, 2.45) is 5.84 Å². The van der Waals surface area contributed by atoms with Crippen LogP contribution < -0.4 is 10.4 Å². The Hall–Kier alpha value is -2.63. The molecule has 0 saturated carbocycles. The highest BCUT2D eigenvalue weighted by Gasteiger charge is 2.60. The van der Waals surface area contributed by atoms with E-state index in [0.717, 1.165) is 0 Å². The second-order valence-corrected chi connectivity index (χ2v) is 7.80. The van der Waals surface area contributed by atoms with Crippen LogP contribution in [0.4, 0.5) is 15.3 Å². The van der Waals surface area contributed by atoms with Crippen molar-refractivity contribution in [2.45, 2.75) is 44.8 Å². The maximum Gasteiger partial charge on any atom is 0.538 e. The molecule has 138 valence electrons. The fourth-order valence-corrected chi connectivity index (χ4v) is 3.99. The van der Waals surface area contributed by atoms with Crippen LogP contribution in [0.5, 0.6) is 0 Å². The van der Waals surface area contributed by atoms with E-state index in [0.29, 0.717) is 30.8 Å². The van der Waals surface area contributed by atoms with Crippen molar-refractivity contribution in [1.29, 1.82) is 5.26 Å². The van der Waals surface area contributed by atoms with Crippen LogP contribution in [-0.4, -0.2) is 46.9 Å². The predicted octanol–water partition coefficient (Wildman–Crippen LogP) is 2.52. The Kier molecular flexibility index (Phi) is 4.17. The zero-order chi connectivity index (χ0) is 19.3. The van der Waals surface area contributed by atoms with E-state index in [2.05, 4.69) is 0 Å². The number of benzene rings is 1. The van der Waals surface area contributed by atoms with Gasteiger partial charge in [-0.05, 0) is 26.8 Å². The lowest BCUT2D eigenvalue weighted by Crippen LogP contribution is -2.67. The number of fused-ring (bicyclic) bond motifs is 3. The van der Waals surface area contributed by atoms with Gasteiger partial charge in [-0.15, -0.1) is 4.59 Å². The van der Waals surface area contributed by atoms with Crippen molar-refractivity contribution in [2.75, 3.05) is 13.1 Å². The molecule has 0 aliphatic carbocycles. The van der Waals surface area contributed by atoms with Gasteiger partial charge in [0.25, 0.3) is 0 Å². The summed E-state index contributed by atoms with van der Waals surface area (Å²) in [7, 11) is 0. The molecule has 1 aromatic carbocycles. The average Bonchev–Trinajstić information content (AvgIpc) is 2.83. The summed E-state index contributed by atoms with van der Waals surface area (Å²) in [4.78, 5) is 26.1. The van der Waals surface area contributed by atoms with Crippen molar-refractivity contribution in [1.82, 2.24) is 9.49 Å². The number of likely N-dealkylation sites (tertiary alicyclic amines) is 1. The molecule has 1 saturated heterocycles. The molecule has 26 heavy (non-hydrogen) atoms. The number of nitrogens with zero attached hydrogens (tertiary/aromatic N) is 3. The number of hydrogen-bond donors (Lipinski definition) is 2. The minimum absolute atomic E-state index is 0.255. The van der Waals surface area contributed by atoms with Gasteiger partial charge < -0.3 is 14.7 Å². The monoisotopic (exact) mass is 359 g/mol. The summed E-state index contributed by atoms with van der Waals surface area (Å²) < 4.78 is 4.63. The number of nitriles is 1. The zero-order valence-corrected chi connectivity index (χ0v) is 15.1. The zero-order valence-electron chi connectivity index (χ0n) is 15.1. The number of hydrogen-bond acceptors (Lipinski definition) is 5. The molecule has 1 fully saturated rings. The van der Waals surface area contributed by atoms with Crippen LogP contribution in [0.3, 0.4) is 0 Å². The van der Waals surface area contributed by atoms with Crippen LogP contribution in [0.15, 0.2) is 18.2 Å². The fourth-order valence-electron chi connectivity index (χ4n) is 3.99. The summed E-state index contributed by atoms with van der Waals surface area (Å²) in [5.74, 6) is 6.06. The largest absolute Gasteiger partial charge is 0.538 e. The van der Waals surface area contributed by atoms with Gasteiger partial charge in [-0.3, -0.25) is 0 Å². The van der Waals surface area contributed by atoms with Crippen molar-refractivity contribution in [3.8, 4) is 6.07 Å². The molecule has 3 N–H and O–H groups in total. The van der Waals surface area contributed by atoms with E-state index in [9.17, 15) is 20.0 Å². The van der Waals surface area contributed by atoms with Crippen molar-refractivity contribution < 1.29 is 19.4 Å². The molecular formula is C18H23N4O4+. The topological polar surface area (TPSA) is 117 Å². The molecule has 0 bridgehead atoms. The van der Waals surface area contributed by atoms with Gasteiger partial charge >= 0.3 is 12.2 Å². The van der Waals surface area contributed by atoms with E-state index < -0.39 is 28.4 Å². The van der Waals surface area contributed by atoms with Gasteiger partial charge in [0.2, 0.25) is 0 Å². The van der Waals surface area contributed by atoms with Gasteiger partial charge in [-0.2, -0.15) is 15.9 Å². The summed E-state index contributed by atoms with van der Waals surface area (Å²) in [6, 6.07) is 6.70. The number of para-hydroxylation sites is 1. The fraction of sp³-hybridized carbons (Fsp3) is 0.500. The number of carbonyl (C=O) groups excluding carboxylic acids is 1. The van der Waals surface area contributed by atoms with Crippen molar-refractivity contribution in [3.05, 3.63) is 29.3 Å². The Morgan fingerprint density at radius 2 is 2.12 bits per heavy atom. The molecule has 2 aliphatic rings. The molecule has 3 rings (SSSR count). The molecule has 0 radical (unpaired) electrons. The number of piperidine rings is 1. The maximum atomic E-state index is 12.4. The minimum Gasteiger partial charge on any atom is -0.444 e. The van der Waals surface area contributed by atoms with Gasteiger partial charge in [0.05, 0.1) is 5.92 Å². The van der Waals surface area contributed by atoms with E-state index >= 15 is 0 Å². The highest BCUT2D eigenvalue weighted by Crippen LogP contribution is 2.49. The van der Waals surface area contributed by atoms with E-state index in [4.69, 9.17) is 10.6 Å². The van der Waals surface area contributed by atoms with Crippen LogP contribution in [0.2, 0.25) is 0 Å². The Labute approximate surface area is 151 Å². The second-order valence-electron chi connectivity index (χ2n) is 7.80. The number of quaternary nitrogens is 1. The molecule has 0 spiro atoms. The molecule has 1 aromatic rings. The lowest BCUT2D eigenvalue weighted by atomic mass is 9.89. The van der Waals surface area contributed by atoms with Gasteiger partial charge in [0.1, 0.15) is 23.3 Å². The first kappa shape index (κ1) is 18.2. The molecule has 0 aromatic heterocycles.